The van der Waals surface area contributed by atoms with Crippen LogP contribution in [0.4, 0.5) is 5.69 Å². The number of carbonyl (C=O) groups is 2. The Labute approximate surface area is 141 Å². The van der Waals surface area contributed by atoms with Crippen molar-refractivity contribution in [2.24, 2.45) is 5.73 Å². The smallest absolute Gasteiger partial charge is 0.262 e. The quantitative estimate of drug-likeness (QED) is 0.855. The van der Waals surface area contributed by atoms with E-state index in [-0.39, 0.29) is 24.0 Å². The van der Waals surface area contributed by atoms with Crippen molar-refractivity contribution < 1.29 is 14.3 Å². The minimum Gasteiger partial charge on any atom is -0.483 e. The number of hydrogen-bond acceptors (Lipinski definition) is 3. The summed E-state index contributed by atoms with van der Waals surface area (Å²) in [6, 6.07) is 12.5. The molecule has 0 aliphatic heterocycles. The molecule has 0 aromatic heterocycles. The summed E-state index contributed by atoms with van der Waals surface area (Å²) in [5.74, 6) is -0.289. The van der Waals surface area contributed by atoms with Gasteiger partial charge in [-0.25, -0.2) is 0 Å². The number of ether oxygens (including phenoxy) is 1. The van der Waals surface area contributed by atoms with Crippen LogP contribution in [-0.2, 0) is 4.79 Å². The van der Waals surface area contributed by atoms with E-state index in [4.69, 9.17) is 10.5 Å². The Morgan fingerprint density at radius 2 is 1.83 bits per heavy atom. The van der Waals surface area contributed by atoms with Gasteiger partial charge >= 0.3 is 0 Å². The number of nitrogens with two attached hydrogens (primary N) is 1. The average molecular weight is 326 g/mol. The lowest BCUT2D eigenvalue weighted by atomic mass is 9.98. The van der Waals surface area contributed by atoms with Crippen molar-refractivity contribution in [1.82, 2.24) is 0 Å². The first-order valence-corrected chi connectivity index (χ1v) is 7.81. The molecule has 2 aromatic carbocycles. The summed E-state index contributed by atoms with van der Waals surface area (Å²) in [5, 5.41) is 2.90. The Morgan fingerprint density at radius 3 is 2.50 bits per heavy atom. The van der Waals surface area contributed by atoms with E-state index in [9.17, 15) is 9.59 Å². The highest BCUT2D eigenvalue weighted by atomic mass is 16.5. The third kappa shape index (κ3) is 4.13. The van der Waals surface area contributed by atoms with Crippen LogP contribution in [0.3, 0.4) is 0 Å². The van der Waals surface area contributed by atoms with E-state index in [1.165, 1.54) is 0 Å². The average Bonchev–Trinajstić information content (AvgIpc) is 2.54. The molecule has 2 amide bonds. The van der Waals surface area contributed by atoms with Gasteiger partial charge in [0.25, 0.3) is 11.8 Å². The summed E-state index contributed by atoms with van der Waals surface area (Å²) in [6.07, 6.45) is 0. The Bertz CT molecular complexity index is 754. The van der Waals surface area contributed by atoms with E-state index in [0.717, 1.165) is 16.8 Å². The molecule has 2 aromatic rings. The maximum absolute atomic E-state index is 12.2. The highest BCUT2D eigenvalue weighted by Crippen LogP contribution is 2.27. The number of anilines is 1. The predicted molar refractivity (Wildman–Crippen MR) is 94.4 cm³/mol. The molecule has 24 heavy (non-hydrogen) atoms. The monoisotopic (exact) mass is 326 g/mol. The van der Waals surface area contributed by atoms with Gasteiger partial charge in [0.2, 0.25) is 0 Å². The van der Waals surface area contributed by atoms with Gasteiger partial charge in [0, 0.05) is 5.69 Å². The minimum absolute atomic E-state index is 0.198. The number of nitrogens with one attached hydrogen (secondary N) is 1. The second kappa shape index (κ2) is 7.64. The van der Waals surface area contributed by atoms with E-state index in [2.05, 4.69) is 19.2 Å². The van der Waals surface area contributed by atoms with Crippen LogP contribution in [0, 0.1) is 6.92 Å². The standard InChI is InChI=1S/C19H22N2O3/c1-12(2)14-9-6-7-13(3)18(14)21-17(22)11-24-16-10-5-4-8-15(16)19(20)23/h4-10,12H,11H2,1-3H3,(H2,20,23)(H,21,22). The lowest BCUT2D eigenvalue weighted by molar-refractivity contribution is -0.118. The van der Waals surface area contributed by atoms with Gasteiger partial charge in [-0.2, -0.15) is 0 Å². The summed E-state index contributed by atoms with van der Waals surface area (Å²) < 4.78 is 5.46. The number of rotatable bonds is 6. The fourth-order valence-electron chi connectivity index (χ4n) is 2.46. The molecule has 5 heteroatoms. The van der Waals surface area contributed by atoms with Crippen LogP contribution in [0.1, 0.15) is 41.3 Å². The van der Waals surface area contributed by atoms with E-state index < -0.39 is 5.91 Å². The third-order valence-electron chi connectivity index (χ3n) is 3.70. The number of para-hydroxylation sites is 2. The fourth-order valence-corrected chi connectivity index (χ4v) is 2.46. The number of amides is 2. The van der Waals surface area contributed by atoms with Gasteiger partial charge < -0.3 is 15.8 Å². The van der Waals surface area contributed by atoms with Gasteiger partial charge in [-0.05, 0) is 36.1 Å². The molecule has 0 fully saturated rings. The van der Waals surface area contributed by atoms with Gasteiger partial charge in [-0.1, -0.05) is 44.2 Å². The fraction of sp³-hybridized carbons (Fsp3) is 0.263. The second-order valence-electron chi connectivity index (χ2n) is 5.89. The van der Waals surface area contributed by atoms with Gasteiger partial charge in [0.15, 0.2) is 6.61 Å². The molecule has 0 radical (unpaired) electrons. The normalized spacial score (nSPS) is 10.5. The molecule has 3 N–H and O–H groups in total. The number of aryl methyl sites for hydroxylation is 1. The second-order valence-corrected chi connectivity index (χ2v) is 5.89. The maximum Gasteiger partial charge on any atom is 0.262 e. The van der Waals surface area contributed by atoms with Crippen molar-refractivity contribution in [2.45, 2.75) is 26.7 Å². The Balaban J connectivity index is 2.09. The molecule has 0 unspecified atom stereocenters. The third-order valence-corrected chi connectivity index (χ3v) is 3.70. The van der Waals surface area contributed by atoms with Crippen molar-refractivity contribution in [2.75, 3.05) is 11.9 Å². The summed E-state index contributed by atoms with van der Waals surface area (Å²) in [4.78, 5) is 23.6. The van der Waals surface area contributed by atoms with Crippen LogP contribution in [0.15, 0.2) is 42.5 Å². The highest BCUT2D eigenvalue weighted by molar-refractivity contribution is 5.96. The Kier molecular flexibility index (Phi) is 5.58. The minimum atomic E-state index is -0.591. The molecule has 0 aliphatic carbocycles. The highest BCUT2D eigenvalue weighted by Gasteiger charge is 2.14. The van der Waals surface area contributed by atoms with Gasteiger partial charge in [-0.15, -0.1) is 0 Å². The molecular formula is C19H22N2O3. The summed E-state index contributed by atoms with van der Waals surface area (Å²) in [5.41, 5.74) is 8.42. The van der Waals surface area contributed by atoms with E-state index in [0.29, 0.717) is 5.75 Å². The van der Waals surface area contributed by atoms with Crippen LogP contribution in [0.2, 0.25) is 0 Å². The van der Waals surface area contributed by atoms with Crippen LogP contribution in [0.5, 0.6) is 5.75 Å². The van der Waals surface area contributed by atoms with Gasteiger partial charge in [0.1, 0.15) is 5.75 Å². The summed E-state index contributed by atoms with van der Waals surface area (Å²) in [6.45, 7) is 5.90. The Morgan fingerprint density at radius 1 is 1.12 bits per heavy atom. The molecular weight excluding hydrogens is 304 g/mol. The number of carbonyl (C=O) groups excluding carboxylic acids is 2. The zero-order valence-electron chi connectivity index (χ0n) is 14.1. The molecule has 2 rings (SSSR count). The van der Waals surface area contributed by atoms with Crippen molar-refractivity contribution in [3.8, 4) is 5.75 Å². The number of primary amides is 1. The van der Waals surface area contributed by atoms with Gasteiger partial charge in [0.05, 0.1) is 5.56 Å². The molecule has 0 spiro atoms. The molecule has 0 bridgehead atoms. The van der Waals surface area contributed by atoms with Gasteiger partial charge in [-0.3, -0.25) is 9.59 Å². The molecule has 126 valence electrons. The van der Waals surface area contributed by atoms with Crippen molar-refractivity contribution >= 4 is 17.5 Å². The lowest BCUT2D eigenvalue weighted by Gasteiger charge is -2.17. The zero-order chi connectivity index (χ0) is 17.7. The molecule has 0 saturated carbocycles. The first-order chi connectivity index (χ1) is 11.4. The summed E-state index contributed by atoms with van der Waals surface area (Å²) in [7, 11) is 0. The SMILES string of the molecule is Cc1cccc(C(C)C)c1NC(=O)COc1ccccc1C(N)=O. The number of benzene rings is 2. The molecule has 5 nitrogen and oxygen atoms in total. The molecule has 0 atom stereocenters. The first-order valence-electron chi connectivity index (χ1n) is 7.81. The predicted octanol–water partition coefficient (Wildman–Crippen LogP) is 3.23. The van der Waals surface area contributed by atoms with E-state index in [1.807, 2.05) is 25.1 Å². The largest absolute Gasteiger partial charge is 0.483 e. The van der Waals surface area contributed by atoms with Crippen LogP contribution < -0.4 is 15.8 Å². The Hall–Kier alpha value is -2.82. The van der Waals surface area contributed by atoms with E-state index in [1.54, 1.807) is 24.3 Å². The summed E-state index contributed by atoms with van der Waals surface area (Å²) >= 11 is 0. The van der Waals surface area contributed by atoms with Crippen LogP contribution in [-0.4, -0.2) is 18.4 Å². The zero-order valence-corrected chi connectivity index (χ0v) is 14.1. The van der Waals surface area contributed by atoms with Crippen LogP contribution >= 0.6 is 0 Å². The first kappa shape index (κ1) is 17.5. The van der Waals surface area contributed by atoms with E-state index >= 15 is 0 Å². The maximum atomic E-state index is 12.2. The van der Waals surface area contributed by atoms with Crippen molar-refractivity contribution in [3.05, 3.63) is 59.2 Å². The molecule has 0 saturated heterocycles. The number of hydrogen-bond donors (Lipinski definition) is 2. The lowest BCUT2D eigenvalue weighted by Crippen LogP contribution is -2.23. The molecule has 0 aliphatic rings. The van der Waals surface area contributed by atoms with Crippen molar-refractivity contribution in [3.63, 3.8) is 0 Å². The van der Waals surface area contributed by atoms with Crippen LogP contribution in [0.25, 0.3) is 0 Å². The molecule has 0 heterocycles. The topological polar surface area (TPSA) is 81.4 Å². The van der Waals surface area contributed by atoms with Crippen molar-refractivity contribution in [1.29, 1.82) is 0 Å².